The van der Waals surface area contributed by atoms with Crippen molar-refractivity contribution in [2.75, 3.05) is 0 Å². The lowest BCUT2D eigenvalue weighted by Gasteiger charge is -2.22. The highest BCUT2D eigenvalue weighted by molar-refractivity contribution is 6.38. The smallest absolute Gasteiger partial charge is 0.335 e. The van der Waals surface area contributed by atoms with Crippen LogP contribution in [0.4, 0.5) is 0 Å². The Kier molecular flexibility index (Phi) is 6.06. The van der Waals surface area contributed by atoms with Gasteiger partial charge in [0.25, 0.3) is 0 Å². The van der Waals surface area contributed by atoms with Crippen LogP contribution in [0.15, 0.2) is 59.2 Å². The van der Waals surface area contributed by atoms with Crippen LogP contribution >= 0.6 is 23.2 Å². The van der Waals surface area contributed by atoms with Crippen molar-refractivity contribution in [1.29, 1.82) is 0 Å². The number of aliphatic carboxylic acids is 1. The van der Waals surface area contributed by atoms with Gasteiger partial charge in [-0.3, -0.25) is 4.79 Å². The Morgan fingerprint density at radius 1 is 1.03 bits per heavy atom. The molecule has 0 aromatic heterocycles. The summed E-state index contributed by atoms with van der Waals surface area (Å²) in [5.41, 5.74) is 0.349. The fourth-order valence-corrected chi connectivity index (χ4v) is 3.93. The van der Waals surface area contributed by atoms with Gasteiger partial charge in [0.15, 0.2) is 5.78 Å². The quantitative estimate of drug-likeness (QED) is 0.706. The molecule has 0 saturated carbocycles. The van der Waals surface area contributed by atoms with Gasteiger partial charge in [0.1, 0.15) is 0 Å². The van der Waals surface area contributed by atoms with Crippen LogP contribution in [0.2, 0.25) is 10.0 Å². The molecule has 3 rings (SSSR count). The average Bonchev–Trinajstić information content (AvgIpc) is 2.68. The zero-order chi connectivity index (χ0) is 23.0. The zero-order valence-electron chi connectivity index (χ0n) is 16.3. The molecule has 0 heterocycles. The summed E-state index contributed by atoms with van der Waals surface area (Å²) in [6, 6.07) is 7.36. The zero-order valence-corrected chi connectivity index (χ0v) is 17.8. The maximum atomic E-state index is 12.3. The highest BCUT2D eigenvalue weighted by atomic mass is 35.5. The van der Waals surface area contributed by atoms with Crippen LogP contribution in [0, 0.1) is 6.92 Å². The molecule has 0 radical (unpaired) electrons. The molecule has 0 aliphatic heterocycles. The summed E-state index contributed by atoms with van der Waals surface area (Å²) in [5.74, 6) is -4.43. The molecule has 1 N–H and O–H groups in total. The second-order valence-corrected chi connectivity index (χ2v) is 7.72. The van der Waals surface area contributed by atoms with E-state index >= 15 is 0 Å². The Hall–Kier alpha value is -3.35. The van der Waals surface area contributed by atoms with Crippen LogP contribution in [0.5, 0.6) is 5.75 Å². The first-order valence-electron chi connectivity index (χ1n) is 8.93. The lowest BCUT2D eigenvalue weighted by Crippen LogP contribution is -2.30. The molecule has 158 valence electrons. The van der Waals surface area contributed by atoms with E-state index in [-0.39, 0.29) is 37.9 Å². The Balaban J connectivity index is 2.50. The van der Waals surface area contributed by atoms with Crippen molar-refractivity contribution in [1.82, 2.24) is 0 Å². The molecule has 0 saturated heterocycles. The van der Waals surface area contributed by atoms with Crippen LogP contribution in [0.25, 0.3) is 5.57 Å². The molecular formula is C23H14Cl2O6-2. The number of allylic oxidation sites excluding steroid dienone is 4. The molecule has 1 aliphatic carbocycles. The summed E-state index contributed by atoms with van der Waals surface area (Å²) in [6.45, 7) is 2.90. The molecule has 0 fully saturated rings. The van der Waals surface area contributed by atoms with Crippen LogP contribution in [-0.2, 0) is 9.59 Å². The molecule has 0 atom stereocenters. The molecule has 31 heavy (non-hydrogen) atoms. The van der Waals surface area contributed by atoms with Gasteiger partial charge in [-0.05, 0) is 66.5 Å². The van der Waals surface area contributed by atoms with Gasteiger partial charge in [-0.25, -0.2) is 4.79 Å². The topological polar surface area (TPSA) is 118 Å². The number of carbonyl (C=O) groups excluding carboxylic acids is 2. The van der Waals surface area contributed by atoms with E-state index in [0.29, 0.717) is 5.56 Å². The van der Waals surface area contributed by atoms with E-state index in [1.807, 2.05) is 0 Å². The van der Waals surface area contributed by atoms with Gasteiger partial charge in [0.2, 0.25) is 0 Å². The molecule has 1 aliphatic rings. The summed E-state index contributed by atoms with van der Waals surface area (Å²) in [5, 5.41) is 33.6. The van der Waals surface area contributed by atoms with E-state index in [1.54, 1.807) is 18.2 Å². The summed E-state index contributed by atoms with van der Waals surface area (Å²) in [6.07, 6.45) is 2.57. The van der Waals surface area contributed by atoms with Gasteiger partial charge < -0.3 is 20.1 Å². The molecule has 6 nitrogen and oxygen atoms in total. The molecular weight excluding hydrogens is 443 g/mol. The van der Waals surface area contributed by atoms with E-state index in [4.69, 9.17) is 23.2 Å². The number of benzene rings is 2. The fourth-order valence-electron chi connectivity index (χ4n) is 3.34. The number of aromatic carboxylic acids is 1. The molecule has 2 aromatic carbocycles. The van der Waals surface area contributed by atoms with Gasteiger partial charge in [-0.1, -0.05) is 46.6 Å². The maximum Gasteiger partial charge on any atom is 0.335 e. The maximum absolute atomic E-state index is 12.3. The van der Waals surface area contributed by atoms with Crippen molar-refractivity contribution in [2.45, 2.75) is 13.8 Å². The Labute approximate surface area is 187 Å². The summed E-state index contributed by atoms with van der Waals surface area (Å²) < 4.78 is 0. The van der Waals surface area contributed by atoms with Crippen LogP contribution in [0.1, 0.15) is 34.0 Å². The highest BCUT2D eigenvalue weighted by Gasteiger charge is 2.24. The van der Waals surface area contributed by atoms with Crippen molar-refractivity contribution in [3.63, 3.8) is 0 Å². The number of hydrogen-bond donors (Lipinski definition) is 1. The Morgan fingerprint density at radius 2 is 1.65 bits per heavy atom. The third-order valence-electron chi connectivity index (χ3n) is 4.79. The third-order valence-corrected chi connectivity index (χ3v) is 5.42. The molecule has 2 aromatic rings. The SMILES string of the molecule is CC1=C/C(=C(/c2cc(C)c([O-])c(C(=O)O)c2)c2c(Cl)cccc2Cl)C=C(C(=O)[O-])C1=O. The van der Waals surface area contributed by atoms with E-state index in [9.17, 15) is 29.7 Å². The monoisotopic (exact) mass is 456 g/mol. The van der Waals surface area contributed by atoms with Crippen molar-refractivity contribution in [3.05, 3.63) is 91.5 Å². The van der Waals surface area contributed by atoms with E-state index in [0.717, 1.165) is 6.08 Å². The largest absolute Gasteiger partial charge is 0.872 e. The van der Waals surface area contributed by atoms with E-state index in [1.165, 1.54) is 32.1 Å². The number of carbonyl (C=O) groups is 3. The number of halogens is 2. The second kappa shape index (κ2) is 8.41. The lowest BCUT2D eigenvalue weighted by molar-refractivity contribution is -0.298. The molecule has 8 heteroatoms. The first-order chi connectivity index (χ1) is 14.5. The van der Waals surface area contributed by atoms with Gasteiger partial charge in [-0.15, -0.1) is 0 Å². The summed E-state index contributed by atoms with van der Waals surface area (Å²) in [7, 11) is 0. The van der Waals surface area contributed by atoms with Crippen molar-refractivity contribution in [3.8, 4) is 5.75 Å². The van der Waals surface area contributed by atoms with Crippen molar-refractivity contribution >= 4 is 46.5 Å². The predicted molar refractivity (Wildman–Crippen MR) is 112 cm³/mol. The fraction of sp³-hybridized carbons (Fsp3) is 0.0870. The Bertz CT molecular complexity index is 1230. The number of carboxylic acid groups (broad SMARTS) is 2. The standard InChI is InChI=1S/C23H16Cl2O6/c1-10-6-12(8-14(20(10)26)22(28)29)18(19-16(24)4-3-5-17(19)25)13-7-11(2)21(27)15(9-13)23(30)31/h3-9,26H,1-2H3,(H,28,29)(H,30,31)/p-2/b18-13+. The van der Waals surface area contributed by atoms with Crippen LogP contribution < -0.4 is 10.2 Å². The van der Waals surface area contributed by atoms with Gasteiger partial charge in [-0.2, -0.15) is 0 Å². The molecule has 0 unspecified atom stereocenters. The van der Waals surface area contributed by atoms with Gasteiger partial charge in [0, 0.05) is 21.2 Å². The van der Waals surface area contributed by atoms with Crippen molar-refractivity contribution < 1.29 is 29.7 Å². The van der Waals surface area contributed by atoms with Crippen LogP contribution in [0.3, 0.4) is 0 Å². The number of rotatable bonds is 4. The van der Waals surface area contributed by atoms with Crippen LogP contribution in [-0.4, -0.2) is 22.8 Å². The predicted octanol–water partition coefficient (Wildman–Crippen LogP) is 3.08. The average molecular weight is 457 g/mol. The minimum atomic E-state index is -1.66. The Morgan fingerprint density at radius 3 is 2.19 bits per heavy atom. The van der Waals surface area contributed by atoms with E-state index < -0.39 is 34.6 Å². The first-order valence-corrected chi connectivity index (χ1v) is 9.68. The summed E-state index contributed by atoms with van der Waals surface area (Å²) >= 11 is 12.8. The minimum absolute atomic E-state index is 0.132. The summed E-state index contributed by atoms with van der Waals surface area (Å²) in [4.78, 5) is 35.3. The third kappa shape index (κ3) is 4.13. The normalized spacial score (nSPS) is 15.3. The van der Waals surface area contributed by atoms with E-state index in [2.05, 4.69) is 0 Å². The number of carboxylic acids is 2. The second-order valence-electron chi connectivity index (χ2n) is 6.90. The van der Waals surface area contributed by atoms with Gasteiger partial charge >= 0.3 is 5.97 Å². The minimum Gasteiger partial charge on any atom is -0.872 e. The van der Waals surface area contributed by atoms with Crippen molar-refractivity contribution in [2.24, 2.45) is 0 Å². The number of Topliss-reactive ketones (excluding diaryl/α,β-unsaturated/α-hetero) is 1. The number of ketones is 1. The first kappa shape index (κ1) is 22.3. The number of aryl methyl sites for hydroxylation is 1. The van der Waals surface area contributed by atoms with Gasteiger partial charge in [0.05, 0.1) is 11.5 Å². The number of hydrogen-bond acceptors (Lipinski definition) is 5. The molecule has 0 bridgehead atoms. The molecule has 0 spiro atoms. The highest BCUT2D eigenvalue weighted by Crippen LogP contribution is 2.40. The lowest BCUT2D eigenvalue weighted by atomic mass is 9.85. The molecule has 0 amide bonds.